The van der Waals surface area contributed by atoms with Crippen LogP contribution < -0.4 is 5.32 Å². The van der Waals surface area contributed by atoms with E-state index in [1.165, 1.54) is 0 Å². The largest absolute Gasteiger partial charge is 0.383 e. The van der Waals surface area contributed by atoms with Crippen LogP contribution in [0.4, 0.5) is 0 Å². The Hall–Kier alpha value is -2.64. The summed E-state index contributed by atoms with van der Waals surface area (Å²) >= 11 is 0. The minimum absolute atomic E-state index is 0.201. The highest BCUT2D eigenvalue weighted by atomic mass is 16.3. The molecule has 4 rings (SSSR count). The maximum atomic E-state index is 12.4. The first-order chi connectivity index (χ1) is 12.1. The van der Waals surface area contributed by atoms with Crippen LogP contribution >= 0.6 is 0 Å². The quantitative estimate of drug-likeness (QED) is 0.904. The Labute approximate surface area is 147 Å². The van der Waals surface area contributed by atoms with Gasteiger partial charge in [0.05, 0.1) is 18.0 Å². The second-order valence-corrected chi connectivity index (χ2v) is 7.14. The van der Waals surface area contributed by atoms with Crippen LogP contribution in [0, 0.1) is 11.3 Å². The van der Waals surface area contributed by atoms with E-state index in [1.54, 1.807) is 12.1 Å². The number of fused-ring (bicyclic) bond motifs is 1. The molecule has 0 saturated heterocycles. The van der Waals surface area contributed by atoms with E-state index in [2.05, 4.69) is 11.4 Å². The monoisotopic (exact) mass is 332 g/mol. The Morgan fingerprint density at radius 1 is 1.12 bits per heavy atom. The van der Waals surface area contributed by atoms with E-state index in [4.69, 9.17) is 0 Å². The van der Waals surface area contributed by atoms with Crippen molar-refractivity contribution in [2.45, 2.75) is 36.7 Å². The lowest BCUT2D eigenvalue weighted by molar-refractivity contribution is 0.0369. The second kappa shape index (κ2) is 5.72. The van der Waals surface area contributed by atoms with Crippen LogP contribution in [0.5, 0.6) is 0 Å². The lowest BCUT2D eigenvalue weighted by Gasteiger charge is -2.24. The van der Waals surface area contributed by atoms with Crippen LogP contribution in [0.1, 0.15) is 46.3 Å². The fraction of sp³-hybridized carbons (Fsp3) is 0.333. The molecule has 2 aliphatic rings. The number of amides is 1. The van der Waals surface area contributed by atoms with Gasteiger partial charge in [0.15, 0.2) is 0 Å². The van der Waals surface area contributed by atoms with Gasteiger partial charge in [-0.2, -0.15) is 5.26 Å². The van der Waals surface area contributed by atoms with Gasteiger partial charge in [0.25, 0.3) is 5.91 Å². The fourth-order valence-corrected chi connectivity index (χ4v) is 3.71. The highest BCUT2D eigenvalue weighted by Crippen LogP contribution is 2.47. The molecular formula is C21H20N2O2. The summed E-state index contributed by atoms with van der Waals surface area (Å²) in [5.41, 5.74) is 2.26. The standard InChI is InChI=1S/C21H20N2O2/c22-13-20(11-12-20)17-7-5-16(6-8-17)19(24)23-14-21(25)10-9-15-3-1-2-4-18(15)21/h1-8,25H,9-12,14H2,(H,23,24). The average molecular weight is 332 g/mol. The highest BCUT2D eigenvalue weighted by Gasteiger charge is 2.44. The normalized spacial score (nSPS) is 22.7. The van der Waals surface area contributed by atoms with Gasteiger partial charge in [-0.25, -0.2) is 0 Å². The number of benzene rings is 2. The predicted molar refractivity (Wildman–Crippen MR) is 94.0 cm³/mol. The Balaban J connectivity index is 1.44. The lowest BCUT2D eigenvalue weighted by Crippen LogP contribution is -2.39. The van der Waals surface area contributed by atoms with Crippen LogP contribution in [0.25, 0.3) is 0 Å². The molecule has 0 heterocycles. The summed E-state index contributed by atoms with van der Waals surface area (Å²) in [4.78, 5) is 12.4. The Bertz CT molecular complexity index is 862. The number of nitrogens with one attached hydrogen (secondary N) is 1. The molecule has 2 aliphatic carbocycles. The van der Waals surface area contributed by atoms with Crippen LogP contribution in [0.15, 0.2) is 48.5 Å². The van der Waals surface area contributed by atoms with Crippen molar-refractivity contribution in [1.82, 2.24) is 5.32 Å². The van der Waals surface area contributed by atoms with E-state index >= 15 is 0 Å². The van der Waals surface area contributed by atoms with Gasteiger partial charge < -0.3 is 10.4 Å². The molecule has 4 heteroatoms. The molecule has 1 fully saturated rings. The highest BCUT2D eigenvalue weighted by molar-refractivity contribution is 5.94. The van der Waals surface area contributed by atoms with Gasteiger partial charge in [-0.05, 0) is 54.5 Å². The number of nitrogens with zero attached hydrogens (tertiary/aromatic N) is 1. The maximum absolute atomic E-state index is 12.4. The molecule has 0 aromatic heterocycles. The van der Waals surface area contributed by atoms with E-state index in [0.29, 0.717) is 12.0 Å². The van der Waals surface area contributed by atoms with Crippen molar-refractivity contribution in [1.29, 1.82) is 5.26 Å². The SMILES string of the molecule is N#CC1(c2ccc(C(=O)NCC3(O)CCc4ccccc43)cc2)CC1. The molecule has 126 valence electrons. The van der Waals surface area contributed by atoms with Gasteiger partial charge in [-0.1, -0.05) is 36.4 Å². The van der Waals surface area contributed by atoms with Crippen LogP contribution in [-0.2, 0) is 17.4 Å². The fourth-order valence-electron chi connectivity index (χ4n) is 3.71. The zero-order valence-electron chi connectivity index (χ0n) is 14.0. The molecular weight excluding hydrogens is 312 g/mol. The molecule has 4 nitrogen and oxygen atoms in total. The molecule has 0 aliphatic heterocycles. The molecule has 1 saturated carbocycles. The summed E-state index contributed by atoms with van der Waals surface area (Å²) in [6.45, 7) is 0.201. The predicted octanol–water partition coefficient (Wildman–Crippen LogP) is 2.81. The molecule has 0 radical (unpaired) electrons. The summed E-state index contributed by atoms with van der Waals surface area (Å²) in [6, 6.07) is 17.5. The van der Waals surface area contributed by atoms with Crippen LogP contribution in [0.3, 0.4) is 0 Å². The summed E-state index contributed by atoms with van der Waals surface area (Å²) in [7, 11) is 0. The topological polar surface area (TPSA) is 73.1 Å². The zero-order valence-corrected chi connectivity index (χ0v) is 14.0. The molecule has 25 heavy (non-hydrogen) atoms. The molecule has 1 atom stereocenters. The average Bonchev–Trinajstić information content (AvgIpc) is 3.39. The van der Waals surface area contributed by atoms with Crippen molar-refractivity contribution in [2.75, 3.05) is 6.54 Å². The first kappa shape index (κ1) is 15.9. The van der Waals surface area contributed by atoms with Crippen molar-refractivity contribution in [3.63, 3.8) is 0 Å². The molecule has 0 bridgehead atoms. The van der Waals surface area contributed by atoms with E-state index in [1.807, 2.05) is 36.4 Å². The van der Waals surface area contributed by atoms with Crippen molar-refractivity contribution in [3.05, 3.63) is 70.8 Å². The van der Waals surface area contributed by atoms with Crippen molar-refractivity contribution >= 4 is 5.91 Å². The van der Waals surface area contributed by atoms with E-state index in [-0.39, 0.29) is 17.9 Å². The van der Waals surface area contributed by atoms with Crippen molar-refractivity contribution < 1.29 is 9.90 Å². The number of hydrogen-bond donors (Lipinski definition) is 2. The van der Waals surface area contributed by atoms with Gasteiger partial charge >= 0.3 is 0 Å². The third-order valence-corrected chi connectivity index (χ3v) is 5.53. The first-order valence-corrected chi connectivity index (χ1v) is 8.67. The smallest absolute Gasteiger partial charge is 0.251 e. The van der Waals surface area contributed by atoms with Gasteiger partial charge in [-0.3, -0.25) is 4.79 Å². The number of hydrogen-bond acceptors (Lipinski definition) is 3. The number of rotatable bonds is 4. The number of carbonyl (C=O) groups is 1. The first-order valence-electron chi connectivity index (χ1n) is 8.67. The van der Waals surface area contributed by atoms with Gasteiger partial charge in [0.2, 0.25) is 0 Å². The van der Waals surface area contributed by atoms with Crippen LogP contribution in [0.2, 0.25) is 0 Å². The Morgan fingerprint density at radius 3 is 2.52 bits per heavy atom. The van der Waals surface area contributed by atoms with Gasteiger partial charge in [-0.15, -0.1) is 0 Å². The molecule has 1 amide bonds. The summed E-state index contributed by atoms with van der Waals surface area (Å²) < 4.78 is 0. The van der Waals surface area contributed by atoms with E-state index < -0.39 is 5.60 Å². The summed E-state index contributed by atoms with van der Waals surface area (Å²) in [6.07, 6.45) is 3.23. The summed E-state index contributed by atoms with van der Waals surface area (Å²) in [5.74, 6) is -0.203. The summed E-state index contributed by atoms with van der Waals surface area (Å²) in [5, 5.41) is 23.0. The van der Waals surface area contributed by atoms with E-state index in [0.717, 1.165) is 36.0 Å². The van der Waals surface area contributed by atoms with Crippen LogP contribution in [-0.4, -0.2) is 17.6 Å². The molecule has 1 unspecified atom stereocenters. The second-order valence-electron chi connectivity index (χ2n) is 7.14. The zero-order chi connectivity index (χ0) is 17.5. The molecule has 2 aromatic rings. The number of nitriles is 1. The van der Waals surface area contributed by atoms with Crippen molar-refractivity contribution in [3.8, 4) is 6.07 Å². The maximum Gasteiger partial charge on any atom is 0.251 e. The minimum Gasteiger partial charge on any atom is -0.383 e. The Kier molecular flexibility index (Phi) is 3.63. The van der Waals surface area contributed by atoms with Crippen molar-refractivity contribution in [2.24, 2.45) is 0 Å². The van der Waals surface area contributed by atoms with Gasteiger partial charge in [0, 0.05) is 5.56 Å². The molecule has 2 aromatic carbocycles. The number of aryl methyl sites for hydroxylation is 1. The third kappa shape index (κ3) is 2.71. The van der Waals surface area contributed by atoms with Gasteiger partial charge in [0.1, 0.15) is 5.60 Å². The molecule has 2 N–H and O–H groups in total. The molecule has 0 spiro atoms. The minimum atomic E-state index is -0.995. The lowest BCUT2D eigenvalue weighted by atomic mass is 9.95. The number of aliphatic hydroxyl groups is 1. The van der Waals surface area contributed by atoms with E-state index in [9.17, 15) is 15.2 Å². The number of carbonyl (C=O) groups excluding carboxylic acids is 1. The third-order valence-electron chi connectivity index (χ3n) is 5.53. The Morgan fingerprint density at radius 2 is 1.84 bits per heavy atom.